The molecule has 0 aromatic carbocycles. The molecule has 8 heteroatoms. The van der Waals surface area contributed by atoms with Crippen LogP contribution in [0.3, 0.4) is 0 Å². The molecule has 8 nitrogen and oxygen atoms in total. The summed E-state index contributed by atoms with van der Waals surface area (Å²) in [6.07, 6.45) is 5.34. The van der Waals surface area contributed by atoms with E-state index in [4.69, 9.17) is 4.74 Å². The van der Waals surface area contributed by atoms with E-state index in [9.17, 15) is 9.59 Å². The minimum absolute atomic E-state index is 0.0459. The molecule has 3 rings (SSSR count). The Hall–Kier alpha value is -2.90. The zero-order valence-corrected chi connectivity index (χ0v) is 14.8. The Bertz CT molecular complexity index is 730. The Balaban J connectivity index is 1.48. The molecule has 0 aliphatic carbocycles. The maximum Gasteiger partial charge on any atom is 0.241 e. The van der Waals surface area contributed by atoms with Gasteiger partial charge in [0.25, 0.3) is 0 Å². The van der Waals surface area contributed by atoms with Gasteiger partial charge >= 0.3 is 0 Å². The summed E-state index contributed by atoms with van der Waals surface area (Å²) in [7, 11) is 0. The molecular weight excluding hydrogens is 334 g/mol. The van der Waals surface area contributed by atoms with Gasteiger partial charge in [0.1, 0.15) is 5.75 Å². The molecule has 138 valence electrons. The summed E-state index contributed by atoms with van der Waals surface area (Å²) < 4.78 is 5.85. The second kappa shape index (κ2) is 8.46. The molecule has 0 radical (unpaired) electrons. The third-order valence-corrected chi connectivity index (χ3v) is 4.36. The summed E-state index contributed by atoms with van der Waals surface area (Å²) in [6, 6.07) is 5.62. The number of carbonyl (C=O) groups is 2. The Morgan fingerprint density at radius 1 is 1.38 bits per heavy atom. The number of pyridine rings is 1. The van der Waals surface area contributed by atoms with Gasteiger partial charge in [-0.2, -0.15) is 5.10 Å². The molecule has 2 aromatic heterocycles. The SMILES string of the molecule is CC(=O)NCC(=O)N1CCC[C@@H](COc2ccc(-c3ccn[nH]3)nc2)C1. The van der Waals surface area contributed by atoms with Crippen LogP contribution < -0.4 is 10.1 Å². The van der Waals surface area contributed by atoms with Gasteiger partial charge in [-0.15, -0.1) is 0 Å². The summed E-state index contributed by atoms with van der Waals surface area (Å²) in [5.41, 5.74) is 1.67. The minimum Gasteiger partial charge on any atom is -0.492 e. The highest BCUT2D eigenvalue weighted by Gasteiger charge is 2.24. The van der Waals surface area contributed by atoms with Gasteiger partial charge < -0.3 is 15.0 Å². The molecule has 2 aromatic rings. The van der Waals surface area contributed by atoms with Crippen LogP contribution in [0.25, 0.3) is 11.4 Å². The van der Waals surface area contributed by atoms with Crippen LogP contribution in [0.4, 0.5) is 0 Å². The third-order valence-electron chi connectivity index (χ3n) is 4.36. The molecule has 3 heterocycles. The van der Waals surface area contributed by atoms with Gasteiger partial charge in [0.15, 0.2) is 0 Å². The van der Waals surface area contributed by atoms with Crippen LogP contribution in [-0.4, -0.2) is 58.1 Å². The van der Waals surface area contributed by atoms with E-state index in [2.05, 4.69) is 20.5 Å². The van der Waals surface area contributed by atoms with E-state index in [1.807, 2.05) is 18.2 Å². The van der Waals surface area contributed by atoms with E-state index >= 15 is 0 Å². The van der Waals surface area contributed by atoms with Crippen molar-refractivity contribution in [3.05, 3.63) is 30.6 Å². The quantitative estimate of drug-likeness (QED) is 0.810. The van der Waals surface area contributed by atoms with Crippen molar-refractivity contribution in [2.75, 3.05) is 26.2 Å². The second-order valence-electron chi connectivity index (χ2n) is 6.42. The van der Waals surface area contributed by atoms with E-state index in [1.54, 1.807) is 17.3 Å². The van der Waals surface area contributed by atoms with Crippen LogP contribution >= 0.6 is 0 Å². The number of H-pyrrole nitrogens is 1. The Kier molecular flexibility index (Phi) is 5.83. The van der Waals surface area contributed by atoms with Gasteiger partial charge in [0.2, 0.25) is 11.8 Å². The van der Waals surface area contributed by atoms with Crippen molar-refractivity contribution in [3.8, 4) is 17.1 Å². The predicted molar refractivity (Wildman–Crippen MR) is 95.3 cm³/mol. The lowest BCUT2D eigenvalue weighted by molar-refractivity contribution is -0.134. The summed E-state index contributed by atoms with van der Waals surface area (Å²) in [5.74, 6) is 0.740. The number of hydrogen-bond acceptors (Lipinski definition) is 5. The van der Waals surface area contributed by atoms with E-state index < -0.39 is 0 Å². The number of likely N-dealkylation sites (tertiary alicyclic amines) is 1. The normalized spacial score (nSPS) is 17.0. The third kappa shape index (κ3) is 4.81. The van der Waals surface area contributed by atoms with Crippen molar-refractivity contribution >= 4 is 11.8 Å². The van der Waals surface area contributed by atoms with E-state index in [0.29, 0.717) is 18.9 Å². The lowest BCUT2D eigenvalue weighted by atomic mass is 9.99. The van der Waals surface area contributed by atoms with Crippen LogP contribution in [0.5, 0.6) is 5.75 Å². The van der Waals surface area contributed by atoms with Crippen molar-refractivity contribution in [1.29, 1.82) is 0 Å². The van der Waals surface area contributed by atoms with Crippen LogP contribution in [0, 0.1) is 5.92 Å². The maximum atomic E-state index is 12.1. The first-order chi connectivity index (χ1) is 12.6. The molecule has 1 aliphatic rings. The number of carbonyl (C=O) groups excluding carboxylic acids is 2. The Labute approximate surface area is 151 Å². The zero-order valence-electron chi connectivity index (χ0n) is 14.8. The summed E-state index contributed by atoms with van der Waals surface area (Å²) in [6.45, 7) is 3.39. The average Bonchev–Trinajstić information content (AvgIpc) is 3.20. The molecule has 1 aliphatic heterocycles. The lowest BCUT2D eigenvalue weighted by Gasteiger charge is -2.32. The Morgan fingerprint density at radius 3 is 2.96 bits per heavy atom. The van der Waals surface area contributed by atoms with Crippen molar-refractivity contribution in [2.24, 2.45) is 5.92 Å². The van der Waals surface area contributed by atoms with Crippen LogP contribution in [-0.2, 0) is 9.59 Å². The molecule has 0 saturated carbocycles. The first-order valence-corrected chi connectivity index (χ1v) is 8.72. The number of aromatic amines is 1. The van der Waals surface area contributed by atoms with Gasteiger partial charge in [0, 0.05) is 32.1 Å². The minimum atomic E-state index is -0.193. The number of ether oxygens (including phenoxy) is 1. The molecule has 1 atom stereocenters. The van der Waals surface area contributed by atoms with Gasteiger partial charge in [0.05, 0.1) is 30.7 Å². The maximum absolute atomic E-state index is 12.1. The number of hydrogen-bond donors (Lipinski definition) is 2. The zero-order chi connectivity index (χ0) is 18.4. The average molecular weight is 357 g/mol. The van der Waals surface area contributed by atoms with Gasteiger partial charge in [-0.1, -0.05) is 0 Å². The number of amides is 2. The van der Waals surface area contributed by atoms with E-state index in [0.717, 1.165) is 30.8 Å². The van der Waals surface area contributed by atoms with Gasteiger partial charge in [-0.3, -0.25) is 19.7 Å². The highest BCUT2D eigenvalue weighted by molar-refractivity contribution is 5.83. The number of piperidine rings is 1. The summed E-state index contributed by atoms with van der Waals surface area (Å²) >= 11 is 0. The largest absolute Gasteiger partial charge is 0.492 e. The summed E-state index contributed by atoms with van der Waals surface area (Å²) in [5, 5.41) is 9.34. The topological polar surface area (TPSA) is 100 Å². The molecular formula is C18H23N5O3. The Morgan fingerprint density at radius 2 is 2.27 bits per heavy atom. The van der Waals surface area contributed by atoms with Crippen molar-refractivity contribution < 1.29 is 14.3 Å². The number of nitrogens with one attached hydrogen (secondary N) is 2. The predicted octanol–water partition coefficient (Wildman–Crippen LogP) is 1.23. The van der Waals surface area contributed by atoms with Crippen molar-refractivity contribution in [3.63, 3.8) is 0 Å². The highest BCUT2D eigenvalue weighted by atomic mass is 16.5. The molecule has 0 spiro atoms. The van der Waals surface area contributed by atoms with E-state index in [1.165, 1.54) is 6.92 Å². The molecule has 2 amide bonds. The van der Waals surface area contributed by atoms with Gasteiger partial charge in [-0.05, 0) is 31.0 Å². The van der Waals surface area contributed by atoms with Crippen LogP contribution in [0.15, 0.2) is 30.6 Å². The first-order valence-electron chi connectivity index (χ1n) is 8.72. The fourth-order valence-corrected chi connectivity index (χ4v) is 2.98. The molecule has 0 unspecified atom stereocenters. The van der Waals surface area contributed by atoms with E-state index in [-0.39, 0.29) is 24.3 Å². The molecule has 0 bridgehead atoms. The number of aromatic nitrogens is 3. The number of rotatable bonds is 6. The number of nitrogens with zero attached hydrogens (tertiary/aromatic N) is 3. The molecule has 2 N–H and O–H groups in total. The van der Waals surface area contributed by atoms with Crippen LogP contribution in [0.2, 0.25) is 0 Å². The van der Waals surface area contributed by atoms with Crippen molar-refractivity contribution in [2.45, 2.75) is 19.8 Å². The molecule has 1 saturated heterocycles. The lowest BCUT2D eigenvalue weighted by Crippen LogP contribution is -2.45. The monoisotopic (exact) mass is 357 g/mol. The second-order valence-corrected chi connectivity index (χ2v) is 6.42. The fraction of sp³-hybridized carbons (Fsp3) is 0.444. The molecule has 26 heavy (non-hydrogen) atoms. The molecule has 1 fully saturated rings. The highest BCUT2D eigenvalue weighted by Crippen LogP contribution is 2.20. The van der Waals surface area contributed by atoms with Crippen LogP contribution in [0.1, 0.15) is 19.8 Å². The van der Waals surface area contributed by atoms with Gasteiger partial charge in [-0.25, -0.2) is 0 Å². The standard InChI is InChI=1S/C18H23N5O3/c1-13(24)19-10-18(25)23-8-2-3-14(11-23)12-26-15-4-5-16(20-9-15)17-6-7-21-22-17/h4-7,9,14H,2-3,8,10-12H2,1H3,(H,19,24)(H,21,22)/t14-/m1/s1. The first kappa shape index (κ1) is 17.9. The van der Waals surface area contributed by atoms with Crippen molar-refractivity contribution in [1.82, 2.24) is 25.4 Å². The summed E-state index contributed by atoms with van der Waals surface area (Å²) in [4.78, 5) is 29.2. The fourth-order valence-electron chi connectivity index (χ4n) is 2.98. The smallest absolute Gasteiger partial charge is 0.241 e.